The quantitative estimate of drug-likeness (QED) is 0.731. The average Bonchev–Trinajstić information content (AvgIpc) is 2.98. The molecule has 124 valence electrons. The van der Waals surface area contributed by atoms with Crippen LogP contribution in [0.5, 0.6) is 0 Å². The summed E-state index contributed by atoms with van der Waals surface area (Å²) < 4.78 is 1.64. The second-order valence-electron chi connectivity index (χ2n) is 5.30. The molecule has 1 aromatic heterocycles. The van der Waals surface area contributed by atoms with Gasteiger partial charge in [0.2, 0.25) is 0 Å². The van der Waals surface area contributed by atoms with Crippen LogP contribution in [0.15, 0.2) is 48.7 Å². The van der Waals surface area contributed by atoms with Crippen molar-refractivity contribution in [2.75, 3.05) is 5.32 Å². The third-order valence-electron chi connectivity index (χ3n) is 3.65. The van der Waals surface area contributed by atoms with Crippen molar-refractivity contribution in [2.45, 2.75) is 6.92 Å². The number of nitriles is 1. The topological polar surface area (TPSA) is 70.7 Å². The highest BCUT2D eigenvalue weighted by Crippen LogP contribution is 2.22. The van der Waals surface area contributed by atoms with E-state index in [9.17, 15) is 4.79 Å². The van der Waals surface area contributed by atoms with Crippen LogP contribution in [0.25, 0.3) is 5.69 Å². The zero-order valence-electron chi connectivity index (χ0n) is 13.1. The Kier molecular flexibility index (Phi) is 4.75. The lowest BCUT2D eigenvalue weighted by molar-refractivity contribution is 0.102. The molecule has 0 fully saturated rings. The second kappa shape index (κ2) is 6.98. The summed E-state index contributed by atoms with van der Waals surface area (Å²) in [5.74, 6) is -0.322. The first-order chi connectivity index (χ1) is 12.0. The summed E-state index contributed by atoms with van der Waals surface area (Å²) in [4.78, 5) is 12.5. The molecule has 0 spiro atoms. The van der Waals surface area contributed by atoms with Crippen molar-refractivity contribution in [3.8, 4) is 11.8 Å². The fourth-order valence-electron chi connectivity index (χ4n) is 2.39. The molecular formula is C18H12Cl2N4O. The van der Waals surface area contributed by atoms with Crippen molar-refractivity contribution < 1.29 is 4.79 Å². The Morgan fingerprint density at radius 1 is 1.24 bits per heavy atom. The highest BCUT2D eigenvalue weighted by molar-refractivity contribution is 6.32. The summed E-state index contributed by atoms with van der Waals surface area (Å²) in [7, 11) is 0. The molecule has 7 heteroatoms. The van der Waals surface area contributed by atoms with Crippen molar-refractivity contribution in [3.05, 3.63) is 75.5 Å². The highest BCUT2D eigenvalue weighted by atomic mass is 35.5. The Morgan fingerprint density at radius 2 is 2.04 bits per heavy atom. The van der Waals surface area contributed by atoms with Crippen molar-refractivity contribution >= 4 is 34.8 Å². The lowest BCUT2D eigenvalue weighted by Gasteiger charge is -2.07. The molecule has 0 unspecified atom stereocenters. The molecular weight excluding hydrogens is 359 g/mol. The zero-order chi connectivity index (χ0) is 18.0. The van der Waals surface area contributed by atoms with Gasteiger partial charge in [0.05, 0.1) is 33.7 Å². The van der Waals surface area contributed by atoms with Crippen LogP contribution in [-0.2, 0) is 0 Å². The van der Waals surface area contributed by atoms with Crippen LogP contribution in [-0.4, -0.2) is 15.7 Å². The van der Waals surface area contributed by atoms with Crippen molar-refractivity contribution in [2.24, 2.45) is 0 Å². The number of hydrogen-bond acceptors (Lipinski definition) is 3. The molecule has 3 rings (SSSR count). The summed E-state index contributed by atoms with van der Waals surface area (Å²) in [5.41, 5.74) is 2.65. The minimum Gasteiger partial charge on any atom is -0.322 e. The van der Waals surface area contributed by atoms with Gasteiger partial charge in [0, 0.05) is 10.7 Å². The van der Waals surface area contributed by atoms with Crippen LogP contribution in [0, 0.1) is 18.3 Å². The summed E-state index contributed by atoms with van der Waals surface area (Å²) in [6.45, 7) is 1.80. The molecule has 0 aliphatic carbocycles. The second-order valence-corrected chi connectivity index (χ2v) is 6.14. The average molecular weight is 371 g/mol. The van der Waals surface area contributed by atoms with E-state index >= 15 is 0 Å². The molecule has 1 N–H and O–H groups in total. The SMILES string of the molecule is Cc1c(C(=O)Nc2ccc(Cl)c(C#N)c2)cnn1-c1cccc(Cl)c1. The molecule has 0 radical (unpaired) electrons. The van der Waals surface area contributed by atoms with Gasteiger partial charge in [-0.05, 0) is 43.3 Å². The number of carbonyl (C=O) groups is 1. The van der Waals surface area contributed by atoms with E-state index in [1.54, 1.807) is 35.9 Å². The first-order valence-corrected chi connectivity index (χ1v) is 8.07. The summed E-state index contributed by atoms with van der Waals surface area (Å²) in [5, 5.41) is 17.0. The molecule has 25 heavy (non-hydrogen) atoms. The van der Waals surface area contributed by atoms with Gasteiger partial charge in [-0.25, -0.2) is 4.68 Å². The number of benzene rings is 2. The fraction of sp³-hybridized carbons (Fsp3) is 0.0556. The van der Waals surface area contributed by atoms with E-state index in [4.69, 9.17) is 28.5 Å². The Hall–Kier alpha value is -2.81. The van der Waals surface area contributed by atoms with E-state index in [0.29, 0.717) is 32.6 Å². The minimum absolute atomic E-state index is 0.297. The molecule has 0 bridgehead atoms. The van der Waals surface area contributed by atoms with Gasteiger partial charge in [-0.1, -0.05) is 29.3 Å². The number of anilines is 1. The van der Waals surface area contributed by atoms with Crippen molar-refractivity contribution in [3.63, 3.8) is 0 Å². The lowest BCUT2D eigenvalue weighted by atomic mass is 10.2. The van der Waals surface area contributed by atoms with Gasteiger partial charge in [-0.3, -0.25) is 4.79 Å². The normalized spacial score (nSPS) is 10.3. The summed E-state index contributed by atoms with van der Waals surface area (Å²) in [6, 6.07) is 13.9. The third-order valence-corrected chi connectivity index (χ3v) is 4.22. The van der Waals surface area contributed by atoms with Gasteiger partial charge >= 0.3 is 0 Å². The number of aromatic nitrogens is 2. The molecule has 2 aromatic carbocycles. The van der Waals surface area contributed by atoms with Crippen molar-refractivity contribution in [1.82, 2.24) is 9.78 Å². The molecule has 1 amide bonds. The number of halogens is 2. The predicted octanol–water partition coefficient (Wildman–Crippen LogP) is 4.61. The Balaban J connectivity index is 1.88. The van der Waals surface area contributed by atoms with Gasteiger partial charge in [-0.15, -0.1) is 0 Å². The monoisotopic (exact) mass is 370 g/mol. The van der Waals surface area contributed by atoms with Crippen LogP contribution < -0.4 is 5.32 Å². The van der Waals surface area contributed by atoms with Gasteiger partial charge in [0.1, 0.15) is 6.07 Å². The number of carbonyl (C=O) groups excluding carboxylic acids is 1. The van der Waals surface area contributed by atoms with E-state index in [1.807, 2.05) is 18.2 Å². The van der Waals surface area contributed by atoms with Gasteiger partial charge in [0.15, 0.2) is 0 Å². The maximum atomic E-state index is 12.5. The lowest BCUT2D eigenvalue weighted by Crippen LogP contribution is -2.13. The molecule has 1 heterocycles. The number of rotatable bonds is 3. The van der Waals surface area contributed by atoms with E-state index in [0.717, 1.165) is 5.69 Å². The molecule has 0 saturated heterocycles. The molecule has 0 atom stereocenters. The maximum Gasteiger partial charge on any atom is 0.259 e. The van der Waals surface area contributed by atoms with Gasteiger partial charge in [0.25, 0.3) is 5.91 Å². The molecule has 3 aromatic rings. The number of hydrogen-bond donors (Lipinski definition) is 1. The Bertz CT molecular complexity index is 1000. The summed E-state index contributed by atoms with van der Waals surface area (Å²) in [6.07, 6.45) is 1.49. The van der Waals surface area contributed by atoms with Crippen molar-refractivity contribution in [1.29, 1.82) is 5.26 Å². The van der Waals surface area contributed by atoms with Crippen LogP contribution >= 0.6 is 23.2 Å². The zero-order valence-corrected chi connectivity index (χ0v) is 14.6. The minimum atomic E-state index is -0.322. The Labute approximate surface area is 154 Å². The van der Waals surface area contributed by atoms with Crippen LogP contribution in [0.2, 0.25) is 10.0 Å². The van der Waals surface area contributed by atoms with E-state index in [-0.39, 0.29) is 5.91 Å². The van der Waals surface area contributed by atoms with Crippen LogP contribution in [0.1, 0.15) is 21.6 Å². The largest absolute Gasteiger partial charge is 0.322 e. The molecule has 0 aliphatic heterocycles. The van der Waals surface area contributed by atoms with E-state index in [2.05, 4.69) is 10.4 Å². The molecule has 0 saturated carbocycles. The Morgan fingerprint density at radius 3 is 2.76 bits per heavy atom. The maximum absolute atomic E-state index is 12.5. The highest BCUT2D eigenvalue weighted by Gasteiger charge is 2.16. The van der Waals surface area contributed by atoms with Crippen LogP contribution in [0.4, 0.5) is 5.69 Å². The van der Waals surface area contributed by atoms with E-state index < -0.39 is 0 Å². The van der Waals surface area contributed by atoms with Crippen LogP contribution in [0.3, 0.4) is 0 Å². The van der Waals surface area contributed by atoms with Gasteiger partial charge < -0.3 is 5.32 Å². The standard InChI is InChI=1S/C18H12Cl2N4O/c1-11-16(10-22-24(11)15-4-2-3-13(19)8-15)18(25)23-14-5-6-17(20)12(7-14)9-21/h2-8,10H,1H3,(H,23,25). The van der Waals surface area contributed by atoms with Gasteiger partial charge in [-0.2, -0.15) is 10.4 Å². The summed E-state index contributed by atoms with van der Waals surface area (Å²) >= 11 is 11.9. The number of nitrogens with zero attached hydrogens (tertiary/aromatic N) is 3. The smallest absolute Gasteiger partial charge is 0.259 e. The fourth-order valence-corrected chi connectivity index (χ4v) is 2.73. The predicted molar refractivity (Wildman–Crippen MR) is 97.4 cm³/mol. The first kappa shape index (κ1) is 17.0. The molecule has 0 aliphatic rings. The number of nitrogens with one attached hydrogen (secondary N) is 1. The molecule has 5 nitrogen and oxygen atoms in total. The first-order valence-electron chi connectivity index (χ1n) is 7.31. The third kappa shape index (κ3) is 3.50. The number of amides is 1. The van der Waals surface area contributed by atoms with E-state index in [1.165, 1.54) is 12.3 Å².